The molecule has 2 aromatic rings. The molecule has 0 bridgehead atoms. The van der Waals surface area contributed by atoms with Crippen LogP contribution in [0.25, 0.3) is 0 Å². The number of nitrogens with two attached hydrogens (primary N) is 1. The van der Waals surface area contributed by atoms with Crippen LogP contribution in [0.5, 0.6) is 0 Å². The molecule has 0 aliphatic rings. The summed E-state index contributed by atoms with van der Waals surface area (Å²) < 4.78 is 0.637. The third-order valence-electron chi connectivity index (χ3n) is 3.07. The van der Waals surface area contributed by atoms with Crippen LogP contribution in [0.4, 0.5) is 11.4 Å². The van der Waals surface area contributed by atoms with Gasteiger partial charge >= 0.3 is 0 Å². The number of nitrogens with zero attached hydrogens (tertiary/aromatic N) is 2. The number of pyridine rings is 1. The van der Waals surface area contributed by atoms with Gasteiger partial charge in [-0.15, -0.1) is 0 Å². The van der Waals surface area contributed by atoms with Crippen LogP contribution in [0.3, 0.4) is 0 Å². The molecule has 23 heavy (non-hydrogen) atoms. The van der Waals surface area contributed by atoms with E-state index in [1.165, 1.54) is 29.3 Å². The number of benzene rings is 1. The van der Waals surface area contributed by atoms with Gasteiger partial charge in [0.25, 0.3) is 0 Å². The number of hydrazine groups is 1. The summed E-state index contributed by atoms with van der Waals surface area (Å²) >= 11 is 6.72. The highest BCUT2D eigenvalue weighted by molar-refractivity contribution is 8.23. The Morgan fingerprint density at radius 3 is 2.57 bits per heavy atom. The molecule has 0 aliphatic heterocycles. The Kier molecular flexibility index (Phi) is 6.09. The standard InChI is InChI=1S/C16H18N4OS2/c1-11-3-5-13(6-4-11)19-16(22)23-10-20(17)14-7-8-15(12(2)21)18-9-14/h3-9H,10,17H2,1-2H3,(H,19,22). The second-order valence-corrected chi connectivity index (χ2v) is 6.60. The van der Waals surface area contributed by atoms with Crippen molar-refractivity contribution in [3.05, 3.63) is 53.9 Å². The van der Waals surface area contributed by atoms with E-state index in [-0.39, 0.29) is 5.78 Å². The Balaban J connectivity index is 1.85. The topological polar surface area (TPSA) is 71.2 Å². The first kappa shape index (κ1) is 17.4. The van der Waals surface area contributed by atoms with Crippen molar-refractivity contribution in [2.45, 2.75) is 13.8 Å². The minimum absolute atomic E-state index is 0.0713. The van der Waals surface area contributed by atoms with E-state index in [0.29, 0.717) is 15.9 Å². The molecule has 0 saturated heterocycles. The quantitative estimate of drug-likeness (QED) is 0.283. The van der Waals surface area contributed by atoms with Crippen molar-refractivity contribution in [1.82, 2.24) is 4.98 Å². The lowest BCUT2D eigenvalue weighted by Gasteiger charge is -2.18. The number of carbonyl (C=O) groups excluding carboxylic acids is 1. The van der Waals surface area contributed by atoms with Crippen LogP contribution >= 0.6 is 24.0 Å². The molecule has 0 saturated carbocycles. The van der Waals surface area contributed by atoms with E-state index in [1.54, 1.807) is 18.3 Å². The summed E-state index contributed by atoms with van der Waals surface area (Å²) in [6.07, 6.45) is 1.58. The fourth-order valence-electron chi connectivity index (χ4n) is 1.76. The van der Waals surface area contributed by atoms with Gasteiger partial charge in [-0.05, 0) is 31.2 Å². The normalized spacial score (nSPS) is 10.2. The van der Waals surface area contributed by atoms with Crippen LogP contribution in [0, 0.1) is 6.92 Å². The maximum absolute atomic E-state index is 11.2. The fraction of sp³-hybridized carbons (Fsp3) is 0.188. The van der Waals surface area contributed by atoms with Gasteiger partial charge in [-0.3, -0.25) is 14.8 Å². The number of aryl methyl sites for hydroxylation is 1. The zero-order valence-electron chi connectivity index (χ0n) is 12.9. The first-order valence-electron chi connectivity index (χ1n) is 6.95. The van der Waals surface area contributed by atoms with Crippen LogP contribution in [-0.4, -0.2) is 21.0 Å². The van der Waals surface area contributed by atoms with Crippen molar-refractivity contribution in [1.29, 1.82) is 0 Å². The second kappa shape index (κ2) is 8.05. The largest absolute Gasteiger partial charge is 0.341 e. The number of anilines is 2. The number of Topliss-reactive ketones (excluding diaryl/α,β-unsaturated/α-hetero) is 1. The van der Waals surface area contributed by atoms with E-state index < -0.39 is 0 Å². The summed E-state index contributed by atoms with van der Waals surface area (Å²) in [4.78, 5) is 15.3. The summed E-state index contributed by atoms with van der Waals surface area (Å²) in [5.41, 5.74) is 3.29. The van der Waals surface area contributed by atoms with E-state index in [9.17, 15) is 4.79 Å². The number of nitrogens with one attached hydrogen (secondary N) is 1. The van der Waals surface area contributed by atoms with E-state index in [2.05, 4.69) is 10.3 Å². The number of carbonyl (C=O) groups is 1. The summed E-state index contributed by atoms with van der Waals surface area (Å²) in [6.45, 7) is 3.52. The van der Waals surface area contributed by atoms with Gasteiger partial charge in [-0.2, -0.15) is 0 Å². The maximum atomic E-state index is 11.2. The molecular formula is C16H18N4OS2. The lowest BCUT2D eigenvalue weighted by Crippen LogP contribution is -2.31. The molecule has 0 amide bonds. The molecule has 0 unspecified atom stereocenters. The molecule has 0 spiro atoms. The van der Waals surface area contributed by atoms with Crippen molar-refractivity contribution in [3.63, 3.8) is 0 Å². The van der Waals surface area contributed by atoms with Crippen molar-refractivity contribution in [3.8, 4) is 0 Å². The fourth-order valence-corrected chi connectivity index (χ4v) is 2.63. The van der Waals surface area contributed by atoms with Crippen molar-refractivity contribution < 1.29 is 4.79 Å². The Bertz CT molecular complexity index is 686. The second-order valence-electron chi connectivity index (χ2n) is 4.98. The number of thioether (sulfide) groups is 1. The molecule has 120 valence electrons. The minimum Gasteiger partial charge on any atom is -0.341 e. The lowest BCUT2D eigenvalue weighted by molar-refractivity contribution is 0.101. The molecular weight excluding hydrogens is 328 g/mol. The van der Waals surface area contributed by atoms with Crippen molar-refractivity contribution >= 4 is 45.5 Å². The van der Waals surface area contributed by atoms with E-state index in [0.717, 1.165) is 11.4 Å². The highest BCUT2D eigenvalue weighted by atomic mass is 32.2. The molecule has 5 nitrogen and oxygen atoms in total. The van der Waals surface area contributed by atoms with E-state index in [4.69, 9.17) is 18.1 Å². The number of aromatic nitrogens is 1. The Morgan fingerprint density at radius 2 is 2.00 bits per heavy atom. The zero-order valence-corrected chi connectivity index (χ0v) is 14.6. The molecule has 0 radical (unpaired) electrons. The van der Waals surface area contributed by atoms with Crippen LogP contribution < -0.4 is 16.2 Å². The highest BCUT2D eigenvalue weighted by Crippen LogP contribution is 2.16. The average Bonchev–Trinajstić information content (AvgIpc) is 2.55. The smallest absolute Gasteiger partial charge is 0.178 e. The first-order chi connectivity index (χ1) is 11.0. The van der Waals surface area contributed by atoms with Crippen LogP contribution in [0.1, 0.15) is 23.0 Å². The molecule has 1 aromatic carbocycles. The molecule has 7 heteroatoms. The van der Waals surface area contributed by atoms with Gasteiger partial charge < -0.3 is 5.32 Å². The van der Waals surface area contributed by atoms with Gasteiger partial charge in [0, 0.05) is 12.6 Å². The Hall–Kier alpha value is -1.96. The van der Waals surface area contributed by atoms with E-state index >= 15 is 0 Å². The predicted molar refractivity (Wildman–Crippen MR) is 101 cm³/mol. The van der Waals surface area contributed by atoms with Crippen molar-refractivity contribution in [2.24, 2.45) is 5.84 Å². The van der Waals surface area contributed by atoms with Gasteiger partial charge in [0.2, 0.25) is 0 Å². The highest BCUT2D eigenvalue weighted by Gasteiger charge is 2.07. The van der Waals surface area contributed by atoms with Crippen LogP contribution in [0.2, 0.25) is 0 Å². The Morgan fingerprint density at radius 1 is 1.30 bits per heavy atom. The SMILES string of the molecule is CC(=O)c1ccc(N(N)CSC(=S)Nc2ccc(C)cc2)cn1. The molecule has 1 heterocycles. The van der Waals surface area contributed by atoms with Gasteiger partial charge in [-0.1, -0.05) is 41.7 Å². The van der Waals surface area contributed by atoms with Crippen molar-refractivity contribution in [2.75, 3.05) is 16.2 Å². The third kappa shape index (κ3) is 5.31. The van der Waals surface area contributed by atoms with Crippen LogP contribution in [0.15, 0.2) is 42.6 Å². The van der Waals surface area contributed by atoms with Gasteiger partial charge in [0.1, 0.15) is 10.0 Å². The van der Waals surface area contributed by atoms with E-state index in [1.807, 2.05) is 31.2 Å². The summed E-state index contributed by atoms with van der Waals surface area (Å²) in [7, 11) is 0. The minimum atomic E-state index is -0.0713. The summed E-state index contributed by atoms with van der Waals surface area (Å²) in [6, 6.07) is 11.4. The number of ketones is 1. The number of thiocarbonyl (C=S) groups is 1. The Labute approximate surface area is 145 Å². The third-order valence-corrected chi connectivity index (χ3v) is 4.30. The van der Waals surface area contributed by atoms with Crippen LogP contribution in [-0.2, 0) is 0 Å². The van der Waals surface area contributed by atoms with Gasteiger partial charge in [-0.25, -0.2) is 5.84 Å². The predicted octanol–water partition coefficient (Wildman–Crippen LogP) is 3.36. The maximum Gasteiger partial charge on any atom is 0.178 e. The van der Waals surface area contributed by atoms with Gasteiger partial charge in [0.05, 0.1) is 17.8 Å². The number of rotatable bonds is 5. The lowest BCUT2D eigenvalue weighted by atomic mass is 10.2. The number of hydrogen-bond acceptors (Lipinski definition) is 6. The zero-order chi connectivity index (χ0) is 16.8. The summed E-state index contributed by atoms with van der Waals surface area (Å²) in [5.74, 6) is 6.38. The summed E-state index contributed by atoms with van der Waals surface area (Å²) in [5, 5.41) is 4.68. The molecule has 0 fully saturated rings. The molecule has 3 N–H and O–H groups in total. The molecule has 2 rings (SSSR count). The average molecular weight is 346 g/mol. The molecule has 1 aromatic heterocycles. The monoisotopic (exact) mass is 346 g/mol. The first-order valence-corrected chi connectivity index (χ1v) is 8.35. The number of hydrogen-bond donors (Lipinski definition) is 2. The van der Waals surface area contributed by atoms with Gasteiger partial charge in [0.15, 0.2) is 5.78 Å². The molecule has 0 aliphatic carbocycles. The molecule has 0 atom stereocenters.